The summed E-state index contributed by atoms with van der Waals surface area (Å²) in [6, 6.07) is 23.0. The molecule has 3 N–H and O–H groups in total. The Hall–Kier alpha value is -4.21. The number of hydrogen-bond donors (Lipinski definition) is 2. The summed E-state index contributed by atoms with van der Waals surface area (Å²) >= 11 is 6.46. The van der Waals surface area contributed by atoms with Crippen LogP contribution in [0.15, 0.2) is 94.7 Å². The molecule has 6 rings (SSSR count). The molecular formula is C30H26ClN5O3S. The lowest BCUT2D eigenvalue weighted by atomic mass is 10.1. The SMILES string of the molecule is C[C@H](Nc1nc(N)ncc1-c1cccc(S(=O)(=O)C2CC2)c1)c1cc2cccc(Cl)c2c(=O)n1-c1ccccc1. The van der Waals surface area contributed by atoms with Crippen molar-refractivity contribution in [2.24, 2.45) is 0 Å². The van der Waals surface area contributed by atoms with Gasteiger partial charge in [0.15, 0.2) is 9.84 Å². The maximum absolute atomic E-state index is 13.8. The van der Waals surface area contributed by atoms with E-state index < -0.39 is 15.9 Å². The number of anilines is 2. The van der Waals surface area contributed by atoms with Crippen LogP contribution in [-0.4, -0.2) is 28.2 Å². The molecule has 10 heteroatoms. The molecule has 1 aliphatic carbocycles. The molecule has 8 nitrogen and oxygen atoms in total. The van der Waals surface area contributed by atoms with Crippen molar-refractivity contribution >= 4 is 44.0 Å². The van der Waals surface area contributed by atoms with Gasteiger partial charge >= 0.3 is 0 Å². The first-order valence-corrected chi connectivity index (χ1v) is 14.8. The van der Waals surface area contributed by atoms with Gasteiger partial charge in [-0.25, -0.2) is 13.4 Å². The van der Waals surface area contributed by atoms with Gasteiger partial charge in [-0.1, -0.05) is 54.1 Å². The summed E-state index contributed by atoms with van der Waals surface area (Å²) in [5, 5.41) is 4.61. The lowest BCUT2D eigenvalue weighted by molar-refractivity contribution is 0.595. The number of nitrogens with two attached hydrogens (primary N) is 1. The van der Waals surface area contributed by atoms with Crippen molar-refractivity contribution in [3.63, 3.8) is 0 Å². The standard InChI is InChI=1S/C30H26ClN5O3S/c1-18(26-16-20-8-6-12-25(31)27(20)29(37)36(26)21-9-3-2-4-10-21)34-28-24(17-33-30(32)35-28)19-7-5-11-23(15-19)40(38,39)22-13-14-22/h2-12,15-18,22H,13-14H2,1H3,(H3,32,33,34,35)/t18-/m0/s1. The number of hydrogen-bond acceptors (Lipinski definition) is 7. The molecule has 40 heavy (non-hydrogen) atoms. The van der Waals surface area contributed by atoms with Gasteiger partial charge < -0.3 is 11.1 Å². The number of nitrogens with zero attached hydrogens (tertiary/aromatic N) is 3. The third-order valence-electron chi connectivity index (χ3n) is 7.08. The van der Waals surface area contributed by atoms with Crippen LogP contribution in [0.3, 0.4) is 0 Å². The summed E-state index contributed by atoms with van der Waals surface area (Å²) in [4.78, 5) is 22.7. The van der Waals surface area contributed by atoms with Crippen LogP contribution in [0.25, 0.3) is 27.6 Å². The summed E-state index contributed by atoms with van der Waals surface area (Å²) in [5.74, 6) is 0.477. The fourth-order valence-corrected chi connectivity index (χ4v) is 6.87. The Bertz CT molecular complexity index is 1920. The molecule has 0 radical (unpaired) electrons. The zero-order valence-corrected chi connectivity index (χ0v) is 23.2. The minimum atomic E-state index is -3.38. The fourth-order valence-electron chi connectivity index (χ4n) is 4.91. The van der Waals surface area contributed by atoms with Gasteiger partial charge in [0.1, 0.15) is 5.82 Å². The number of halogens is 1. The number of benzene rings is 3. The minimum Gasteiger partial charge on any atom is -0.368 e. The zero-order chi connectivity index (χ0) is 28.0. The molecule has 202 valence electrons. The Morgan fingerprint density at radius 3 is 2.52 bits per heavy atom. The first-order chi connectivity index (χ1) is 19.2. The normalized spacial score (nSPS) is 14.2. The van der Waals surface area contributed by atoms with Crippen LogP contribution in [0.5, 0.6) is 0 Å². The van der Waals surface area contributed by atoms with E-state index in [1.54, 1.807) is 35.0 Å². The van der Waals surface area contributed by atoms with Crippen LogP contribution >= 0.6 is 11.6 Å². The van der Waals surface area contributed by atoms with Gasteiger partial charge in [0.2, 0.25) is 5.95 Å². The topological polar surface area (TPSA) is 120 Å². The molecule has 1 fully saturated rings. The van der Waals surface area contributed by atoms with Crippen molar-refractivity contribution in [1.29, 1.82) is 0 Å². The van der Waals surface area contributed by atoms with Gasteiger partial charge in [-0.3, -0.25) is 9.36 Å². The highest BCUT2D eigenvalue weighted by Gasteiger charge is 2.37. The average molecular weight is 572 g/mol. The summed E-state index contributed by atoms with van der Waals surface area (Å²) in [6.07, 6.45) is 2.94. The van der Waals surface area contributed by atoms with Crippen LogP contribution < -0.4 is 16.6 Å². The number of fused-ring (bicyclic) bond motifs is 1. The van der Waals surface area contributed by atoms with Crippen molar-refractivity contribution in [3.8, 4) is 16.8 Å². The van der Waals surface area contributed by atoms with E-state index in [4.69, 9.17) is 17.3 Å². The Morgan fingerprint density at radius 1 is 1.02 bits per heavy atom. The molecule has 2 aromatic heterocycles. The number of nitrogens with one attached hydrogen (secondary N) is 1. The molecule has 0 saturated heterocycles. The van der Waals surface area contributed by atoms with E-state index in [0.717, 1.165) is 0 Å². The van der Waals surface area contributed by atoms with E-state index in [-0.39, 0.29) is 21.7 Å². The largest absolute Gasteiger partial charge is 0.368 e. The van der Waals surface area contributed by atoms with Crippen LogP contribution in [0.1, 0.15) is 31.5 Å². The number of pyridine rings is 1. The highest BCUT2D eigenvalue weighted by molar-refractivity contribution is 7.92. The van der Waals surface area contributed by atoms with Crippen LogP contribution in [0, 0.1) is 0 Å². The number of sulfone groups is 1. The Kier molecular flexibility index (Phi) is 6.56. The molecule has 0 amide bonds. The third kappa shape index (κ3) is 4.71. The lowest BCUT2D eigenvalue weighted by Crippen LogP contribution is -2.26. The molecule has 1 atom stereocenters. The molecule has 5 aromatic rings. The second-order valence-electron chi connectivity index (χ2n) is 9.88. The highest BCUT2D eigenvalue weighted by Crippen LogP contribution is 2.36. The predicted octanol–water partition coefficient (Wildman–Crippen LogP) is 5.79. The second-order valence-corrected chi connectivity index (χ2v) is 12.5. The number of rotatable bonds is 7. The third-order valence-corrected chi connectivity index (χ3v) is 9.65. The maximum Gasteiger partial charge on any atom is 0.264 e. The molecular weight excluding hydrogens is 546 g/mol. The summed E-state index contributed by atoms with van der Waals surface area (Å²) in [6.45, 7) is 1.92. The molecule has 1 saturated carbocycles. The first-order valence-electron chi connectivity index (χ1n) is 12.9. The summed E-state index contributed by atoms with van der Waals surface area (Å²) in [7, 11) is -3.38. The van der Waals surface area contributed by atoms with E-state index in [1.165, 1.54) is 0 Å². The van der Waals surface area contributed by atoms with Crippen LogP contribution in [0.4, 0.5) is 11.8 Å². The van der Waals surface area contributed by atoms with E-state index >= 15 is 0 Å². The van der Waals surface area contributed by atoms with Crippen LogP contribution in [0.2, 0.25) is 5.02 Å². The van der Waals surface area contributed by atoms with Crippen molar-refractivity contribution in [1.82, 2.24) is 14.5 Å². The Morgan fingerprint density at radius 2 is 1.77 bits per heavy atom. The predicted molar refractivity (Wildman–Crippen MR) is 159 cm³/mol. The van der Waals surface area contributed by atoms with E-state index in [0.29, 0.717) is 57.0 Å². The molecule has 3 aromatic carbocycles. The minimum absolute atomic E-state index is 0.0611. The fraction of sp³-hybridized carbons (Fsp3) is 0.167. The van der Waals surface area contributed by atoms with Gasteiger partial charge in [-0.2, -0.15) is 4.98 Å². The summed E-state index contributed by atoms with van der Waals surface area (Å²) in [5.41, 5.74) is 8.34. The highest BCUT2D eigenvalue weighted by atomic mass is 35.5. The molecule has 0 unspecified atom stereocenters. The molecule has 2 heterocycles. The zero-order valence-electron chi connectivity index (χ0n) is 21.6. The molecule has 0 bridgehead atoms. The summed E-state index contributed by atoms with van der Waals surface area (Å²) < 4.78 is 27.5. The monoisotopic (exact) mass is 571 g/mol. The Balaban J connectivity index is 1.46. The maximum atomic E-state index is 13.8. The first kappa shape index (κ1) is 26.0. The van der Waals surface area contributed by atoms with Gasteiger partial charge in [-0.15, -0.1) is 0 Å². The van der Waals surface area contributed by atoms with Crippen molar-refractivity contribution in [2.45, 2.75) is 36.0 Å². The van der Waals surface area contributed by atoms with Gasteiger partial charge in [-0.05, 0) is 67.1 Å². The van der Waals surface area contributed by atoms with E-state index in [2.05, 4.69) is 15.3 Å². The smallest absolute Gasteiger partial charge is 0.264 e. The van der Waals surface area contributed by atoms with Gasteiger partial charge in [0.25, 0.3) is 5.56 Å². The Labute approximate surface area is 236 Å². The molecule has 0 aliphatic heterocycles. The van der Waals surface area contributed by atoms with Crippen molar-refractivity contribution < 1.29 is 8.42 Å². The number of aromatic nitrogens is 3. The number of para-hydroxylation sites is 1. The lowest BCUT2D eigenvalue weighted by Gasteiger charge is -2.23. The van der Waals surface area contributed by atoms with Gasteiger partial charge in [0, 0.05) is 23.1 Å². The quantitative estimate of drug-likeness (QED) is 0.253. The molecule has 1 aliphatic rings. The van der Waals surface area contributed by atoms with Crippen molar-refractivity contribution in [3.05, 3.63) is 106 Å². The van der Waals surface area contributed by atoms with Crippen molar-refractivity contribution in [2.75, 3.05) is 11.1 Å². The van der Waals surface area contributed by atoms with E-state index in [9.17, 15) is 13.2 Å². The van der Waals surface area contributed by atoms with Crippen LogP contribution in [-0.2, 0) is 9.84 Å². The second kappa shape index (κ2) is 10.1. The van der Waals surface area contributed by atoms with E-state index in [1.807, 2.05) is 61.5 Å². The van der Waals surface area contributed by atoms with Gasteiger partial charge in [0.05, 0.1) is 26.6 Å². The average Bonchev–Trinajstić information content (AvgIpc) is 3.80. The molecule has 0 spiro atoms. The number of nitrogen functional groups attached to an aromatic ring is 1.